The van der Waals surface area contributed by atoms with Crippen molar-refractivity contribution in [2.75, 3.05) is 13.7 Å². The lowest BCUT2D eigenvalue weighted by molar-refractivity contribution is 0.182. The molecule has 0 saturated carbocycles. The first-order valence-electron chi connectivity index (χ1n) is 7.42. The minimum atomic E-state index is 0.0256. The molecule has 0 unspecified atom stereocenters. The number of rotatable bonds is 5. The molecule has 0 radical (unpaired) electrons. The predicted octanol–water partition coefficient (Wildman–Crippen LogP) is 4.65. The molecule has 3 aromatic rings. The fourth-order valence-electron chi connectivity index (χ4n) is 2.52. The molecule has 0 aliphatic rings. The second-order valence-corrected chi connectivity index (χ2v) is 5.27. The van der Waals surface area contributed by atoms with Crippen molar-refractivity contribution in [1.29, 1.82) is 0 Å². The molecule has 0 saturated heterocycles. The van der Waals surface area contributed by atoms with Gasteiger partial charge in [0, 0.05) is 13.3 Å². The van der Waals surface area contributed by atoms with Crippen LogP contribution in [0.3, 0.4) is 0 Å². The Balaban J connectivity index is 1.85. The highest BCUT2D eigenvalue weighted by atomic mass is 16.5. The Morgan fingerprint density at radius 3 is 2.41 bits per heavy atom. The summed E-state index contributed by atoms with van der Waals surface area (Å²) in [5, 5.41) is 2.48. The molecule has 110 valence electrons. The summed E-state index contributed by atoms with van der Waals surface area (Å²) in [6, 6.07) is 25.0. The molecular formula is C20H19NO. The largest absolute Gasteiger partial charge is 0.382 e. The minimum Gasteiger partial charge on any atom is -0.382 e. The first kappa shape index (κ1) is 14.5. The number of hydrogen-bond acceptors (Lipinski definition) is 2. The van der Waals surface area contributed by atoms with Gasteiger partial charge in [-0.15, -0.1) is 0 Å². The molecule has 0 fully saturated rings. The van der Waals surface area contributed by atoms with E-state index in [1.165, 1.54) is 16.3 Å². The first-order chi connectivity index (χ1) is 10.9. The Hall–Kier alpha value is -2.45. The molecule has 0 aliphatic carbocycles. The maximum atomic E-state index is 5.30. The van der Waals surface area contributed by atoms with Crippen molar-refractivity contribution in [1.82, 2.24) is 0 Å². The Kier molecular flexibility index (Phi) is 4.62. The van der Waals surface area contributed by atoms with E-state index >= 15 is 0 Å². The second-order valence-electron chi connectivity index (χ2n) is 5.27. The van der Waals surface area contributed by atoms with E-state index in [-0.39, 0.29) is 6.04 Å². The minimum absolute atomic E-state index is 0.0256. The van der Waals surface area contributed by atoms with Gasteiger partial charge in [0.1, 0.15) is 0 Å². The van der Waals surface area contributed by atoms with E-state index in [0.717, 1.165) is 5.56 Å². The number of hydrogen-bond donors (Lipinski definition) is 0. The fraction of sp³-hybridized carbons (Fsp3) is 0.150. The lowest BCUT2D eigenvalue weighted by Gasteiger charge is -2.11. The van der Waals surface area contributed by atoms with Crippen molar-refractivity contribution in [2.24, 2.45) is 4.99 Å². The van der Waals surface area contributed by atoms with Crippen LogP contribution in [0.4, 0.5) is 0 Å². The van der Waals surface area contributed by atoms with E-state index in [9.17, 15) is 0 Å². The second kappa shape index (κ2) is 7.01. The molecule has 1 atom stereocenters. The highest BCUT2D eigenvalue weighted by Crippen LogP contribution is 2.19. The summed E-state index contributed by atoms with van der Waals surface area (Å²) in [5.74, 6) is 0. The van der Waals surface area contributed by atoms with Crippen LogP contribution in [-0.4, -0.2) is 19.9 Å². The molecule has 3 aromatic carbocycles. The zero-order chi connectivity index (χ0) is 15.2. The number of methoxy groups -OCH3 is 1. The maximum absolute atomic E-state index is 5.30. The van der Waals surface area contributed by atoms with E-state index < -0.39 is 0 Å². The Morgan fingerprint density at radius 1 is 0.909 bits per heavy atom. The summed E-state index contributed by atoms with van der Waals surface area (Å²) in [7, 11) is 1.71. The molecule has 0 bridgehead atoms. The van der Waals surface area contributed by atoms with E-state index in [0.29, 0.717) is 6.61 Å². The van der Waals surface area contributed by atoms with Gasteiger partial charge in [0.05, 0.1) is 12.6 Å². The summed E-state index contributed by atoms with van der Waals surface area (Å²) in [4.78, 5) is 4.71. The number of aliphatic imine (C=N–C) groups is 1. The van der Waals surface area contributed by atoms with Crippen LogP contribution < -0.4 is 0 Å². The third-order valence-electron chi connectivity index (χ3n) is 3.69. The molecule has 0 aliphatic heterocycles. The van der Waals surface area contributed by atoms with E-state index in [1.807, 2.05) is 24.4 Å². The summed E-state index contributed by atoms with van der Waals surface area (Å²) in [6.07, 6.45) is 1.93. The van der Waals surface area contributed by atoms with Crippen molar-refractivity contribution in [3.8, 4) is 0 Å². The van der Waals surface area contributed by atoms with Crippen LogP contribution in [0.15, 0.2) is 77.8 Å². The lowest BCUT2D eigenvalue weighted by atomic mass is 10.1. The standard InChI is InChI=1S/C20H19NO/c1-22-15-20(18-8-3-2-4-9-18)21-14-16-11-12-17-7-5-6-10-19(17)13-16/h2-14,20H,15H2,1H3/t20-/m0/s1. The molecule has 0 spiro atoms. The van der Waals surface area contributed by atoms with Crippen LogP contribution in [0.2, 0.25) is 0 Å². The van der Waals surface area contributed by atoms with Crippen LogP contribution in [-0.2, 0) is 4.74 Å². The van der Waals surface area contributed by atoms with E-state index in [1.54, 1.807) is 7.11 Å². The maximum Gasteiger partial charge on any atom is 0.0982 e. The number of fused-ring (bicyclic) bond motifs is 1. The fourth-order valence-corrected chi connectivity index (χ4v) is 2.52. The quantitative estimate of drug-likeness (QED) is 0.627. The average molecular weight is 289 g/mol. The van der Waals surface area contributed by atoms with Gasteiger partial charge in [-0.05, 0) is 28.0 Å². The molecule has 2 heteroatoms. The van der Waals surface area contributed by atoms with E-state index in [4.69, 9.17) is 9.73 Å². The van der Waals surface area contributed by atoms with Gasteiger partial charge >= 0.3 is 0 Å². The number of benzene rings is 3. The van der Waals surface area contributed by atoms with E-state index in [2.05, 4.69) is 54.6 Å². The van der Waals surface area contributed by atoms with Crippen molar-refractivity contribution >= 4 is 17.0 Å². The Morgan fingerprint density at radius 2 is 1.64 bits per heavy atom. The molecule has 3 rings (SSSR count). The topological polar surface area (TPSA) is 21.6 Å². The predicted molar refractivity (Wildman–Crippen MR) is 92.6 cm³/mol. The third-order valence-corrected chi connectivity index (χ3v) is 3.69. The van der Waals surface area contributed by atoms with Crippen LogP contribution >= 0.6 is 0 Å². The SMILES string of the molecule is COC[C@H](N=Cc1ccc2ccccc2c1)c1ccccc1. The van der Waals surface area contributed by atoms with Crippen molar-refractivity contribution in [3.63, 3.8) is 0 Å². The van der Waals surface area contributed by atoms with Crippen LogP contribution in [0, 0.1) is 0 Å². The smallest absolute Gasteiger partial charge is 0.0982 e. The number of nitrogens with zero attached hydrogens (tertiary/aromatic N) is 1. The Labute approximate surface area is 131 Å². The van der Waals surface area contributed by atoms with Gasteiger partial charge < -0.3 is 4.74 Å². The molecule has 0 aromatic heterocycles. The molecule has 0 heterocycles. The first-order valence-corrected chi connectivity index (χ1v) is 7.42. The third kappa shape index (κ3) is 3.41. The van der Waals surface area contributed by atoms with Gasteiger partial charge in [-0.3, -0.25) is 4.99 Å². The molecular weight excluding hydrogens is 270 g/mol. The van der Waals surface area contributed by atoms with Crippen molar-refractivity contribution in [2.45, 2.75) is 6.04 Å². The summed E-state index contributed by atoms with van der Waals surface area (Å²) in [6.45, 7) is 0.577. The van der Waals surface area contributed by atoms with Crippen molar-refractivity contribution < 1.29 is 4.74 Å². The van der Waals surface area contributed by atoms with Crippen LogP contribution in [0.25, 0.3) is 10.8 Å². The van der Waals surface area contributed by atoms with Gasteiger partial charge in [0.15, 0.2) is 0 Å². The number of ether oxygens (including phenoxy) is 1. The average Bonchev–Trinajstić information content (AvgIpc) is 2.59. The molecule has 0 N–H and O–H groups in total. The highest BCUT2D eigenvalue weighted by molar-refractivity contribution is 5.90. The zero-order valence-electron chi connectivity index (χ0n) is 12.6. The summed E-state index contributed by atoms with van der Waals surface area (Å²) < 4.78 is 5.30. The van der Waals surface area contributed by atoms with Gasteiger partial charge in [-0.25, -0.2) is 0 Å². The lowest BCUT2D eigenvalue weighted by Crippen LogP contribution is -2.04. The van der Waals surface area contributed by atoms with Gasteiger partial charge in [-0.2, -0.15) is 0 Å². The van der Waals surface area contributed by atoms with Crippen LogP contribution in [0.1, 0.15) is 17.2 Å². The summed E-state index contributed by atoms with van der Waals surface area (Å²) in [5.41, 5.74) is 2.28. The monoisotopic (exact) mass is 289 g/mol. The zero-order valence-corrected chi connectivity index (χ0v) is 12.6. The van der Waals surface area contributed by atoms with Crippen molar-refractivity contribution in [3.05, 3.63) is 83.9 Å². The highest BCUT2D eigenvalue weighted by Gasteiger charge is 2.08. The molecule has 2 nitrogen and oxygen atoms in total. The van der Waals surface area contributed by atoms with Gasteiger partial charge in [0.2, 0.25) is 0 Å². The normalized spacial score (nSPS) is 12.8. The summed E-state index contributed by atoms with van der Waals surface area (Å²) >= 11 is 0. The Bertz CT molecular complexity index is 765. The van der Waals surface area contributed by atoms with Gasteiger partial charge in [-0.1, -0.05) is 66.7 Å². The molecule has 22 heavy (non-hydrogen) atoms. The molecule has 0 amide bonds. The van der Waals surface area contributed by atoms with Gasteiger partial charge in [0.25, 0.3) is 0 Å². The van der Waals surface area contributed by atoms with Crippen LogP contribution in [0.5, 0.6) is 0 Å².